The number of likely N-dealkylation sites (N-methyl/N-ethyl adjacent to an activating group) is 1. The third-order valence-electron chi connectivity index (χ3n) is 3.36. The second-order valence-electron chi connectivity index (χ2n) is 5.60. The second-order valence-corrected chi connectivity index (χ2v) is 6.45. The van der Waals surface area contributed by atoms with Crippen LogP contribution in [-0.2, 0) is 6.54 Å². The van der Waals surface area contributed by atoms with Crippen LogP contribution >= 0.6 is 23.2 Å². The first-order valence-electron chi connectivity index (χ1n) is 7.55. The van der Waals surface area contributed by atoms with E-state index in [9.17, 15) is 4.79 Å². The number of ether oxygens (including phenoxy) is 1. The van der Waals surface area contributed by atoms with Crippen LogP contribution in [0.1, 0.15) is 15.9 Å². The second kappa shape index (κ2) is 8.92. The molecule has 2 rings (SSSR count). The van der Waals surface area contributed by atoms with Crippen molar-refractivity contribution in [2.24, 2.45) is 0 Å². The van der Waals surface area contributed by atoms with E-state index in [0.717, 1.165) is 17.9 Å². The van der Waals surface area contributed by atoms with Gasteiger partial charge in [-0.3, -0.25) is 4.79 Å². The van der Waals surface area contributed by atoms with Gasteiger partial charge in [0.2, 0.25) is 0 Å². The zero-order valence-electron chi connectivity index (χ0n) is 13.7. The molecular weight excluding hydrogens is 347 g/mol. The molecule has 0 saturated heterocycles. The highest BCUT2D eigenvalue weighted by atomic mass is 35.5. The van der Waals surface area contributed by atoms with E-state index in [1.165, 1.54) is 0 Å². The van der Waals surface area contributed by atoms with Crippen molar-refractivity contribution in [3.8, 4) is 5.75 Å². The van der Waals surface area contributed by atoms with Crippen LogP contribution < -0.4 is 10.1 Å². The largest absolute Gasteiger partial charge is 0.492 e. The first kappa shape index (κ1) is 18.6. The molecule has 0 unspecified atom stereocenters. The molecule has 2 aromatic rings. The molecule has 0 fully saturated rings. The van der Waals surface area contributed by atoms with Crippen molar-refractivity contribution in [3.63, 3.8) is 0 Å². The van der Waals surface area contributed by atoms with Crippen molar-refractivity contribution in [2.75, 3.05) is 27.2 Å². The standard InChI is InChI=1S/C18H20Cl2N2O2/c1-22(2)9-10-24-15-6-3-13(4-7-15)12-21-18(23)16-11-14(19)5-8-17(16)20/h3-8,11H,9-10,12H2,1-2H3,(H,21,23). The molecule has 0 aliphatic carbocycles. The monoisotopic (exact) mass is 366 g/mol. The minimum Gasteiger partial charge on any atom is -0.492 e. The first-order chi connectivity index (χ1) is 11.5. The van der Waals surface area contributed by atoms with Gasteiger partial charge >= 0.3 is 0 Å². The van der Waals surface area contributed by atoms with Gasteiger partial charge in [0.25, 0.3) is 5.91 Å². The van der Waals surface area contributed by atoms with Gasteiger partial charge in [-0.2, -0.15) is 0 Å². The van der Waals surface area contributed by atoms with Crippen LogP contribution in [0.15, 0.2) is 42.5 Å². The number of carbonyl (C=O) groups excluding carboxylic acids is 1. The van der Waals surface area contributed by atoms with Crippen molar-refractivity contribution in [3.05, 3.63) is 63.6 Å². The van der Waals surface area contributed by atoms with E-state index in [1.807, 2.05) is 38.4 Å². The summed E-state index contributed by atoms with van der Waals surface area (Å²) in [6.45, 7) is 1.90. The molecule has 2 aromatic carbocycles. The maximum absolute atomic E-state index is 12.2. The Labute approximate surface area is 152 Å². The predicted octanol–water partition coefficient (Wildman–Crippen LogP) is 3.86. The molecule has 128 valence electrons. The molecule has 0 spiro atoms. The van der Waals surface area contributed by atoms with Crippen LogP contribution in [0.25, 0.3) is 0 Å². The van der Waals surface area contributed by atoms with Gasteiger partial charge in [0.05, 0.1) is 10.6 Å². The summed E-state index contributed by atoms with van der Waals surface area (Å²) in [4.78, 5) is 14.2. The van der Waals surface area contributed by atoms with E-state index >= 15 is 0 Å². The molecule has 0 bridgehead atoms. The van der Waals surface area contributed by atoms with Gasteiger partial charge in [-0.15, -0.1) is 0 Å². The van der Waals surface area contributed by atoms with Crippen LogP contribution in [0.2, 0.25) is 10.0 Å². The summed E-state index contributed by atoms with van der Waals surface area (Å²) in [5, 5.41) is 3.68. The van der Waals surface area contributed by atoms with Gasteiger partial charge in [-0.05, 0) is 50.0 Å². The lowest BCUT2D eigenvalue weighted by Crippen LogP contribution is -2.23. The van der Waals surface area contributed by atoms with Crippen LogP contribution in [0.3, 0.4) is 0 Å². The lowest BCUT2D eigenvalue weighted by atomic mass is 10.2. The number of halogens is 2. The van der Waals surface area contributed by atoms with E-state index in [2.05, 4.69) is 10.2 Å². The van der Waals surface area contributed by atoms with Gasteiger partial charge in [0.15, 0.2) is 0 Å². The predicted molar refractivity (Wildman–Crippen MR) is 98.1 cm³/mol. The Hall–Kier alpha value is -1.75. The number of rotatable bonds is 7. The Morgan fingerprint density at radius 3 is 2.50 bits per heavy atom. The van der Waals surface area contributed by atoms with Gasteiger partial charge < -0.3 is 15.0 Å². The van der Waals surface area contributed by atoms with E-state index in [1.54, 1.807) is 18.2 Å². The molecule has 1 N–H and O–H groups in total. The third-order valence-corrected chi connectivity index (χ3v) is 3.92. The number of benzene rings is 2. The Morgan fingerprint density at radius 2 is 1.83 bits per heavy atom. The minimum absolute atomic E-state index is 0.256. The average Bonchev–Trinajstić information content (AvgIpc) is 2.55. The quantitative estimate of drug-likeness (QED) is 0.808. The fourth-order valence-corrected chi connectivity index (χ4v) is 2.37. The van der Waals surface area contributed by atoms with Crippen molar-refractivity contribution in [1.29, 1.82) is 0 Å². The lowest BCUT2D eigenvalue weighted by Gasteiger charge is -2.11. The van der Waals surface area contributed by atoms with Crippen LogP contribution in [0.5, 0.6) is 5.75 Å². The Morgan fingerprint density at radius 1 is 1.12 bits per heavy atom. The first-order valence-corrected chi connectivity index (χ1v) is 8.31. The smallest absolute Gasteiger partial charge is 0.253 e. The molecule has 0 saturated carbocycles. The topological polar surface area (TPSA) is 41.6 Å². The highest BCUT2D eigenvalue weighted by Gasteiger charge is 2.10. The summed E-state index contributed by atoms with van der Waals surface area (Å²) >= 11 is 11.9. The number of hydrogen-bond donors (Lipinski definition) is 1. The number of nitrogens with zero attached hydrogens (tertiary/aromatic N) is 1. The maximum atomic E-state index is 12.2. The minimum atomic E-state index is -0.256. The van der Waals surface area contributed by atoms with E-state index in [-0.39, 0.29) is 5.91 Å². The molecule has 0 heterocycles. The Bertz CT molecular complexity index is 688. The summed E-state index contributed by atoms with van der Waals surface area (Å²) < 4.78 is 5.63. The van der Waals surface area contributed by atoms with Gasteiger partial charge in [0.1, 0.15) is 12.4 Å². The lowest BCUT2D eigenvalue weighted by molar-refractivity contribution is 0.0951. The number of nitrogens with one attached hydrogen (secondary N) is 1. The van der Waals surface area contributed by atoms with Crippen LogP contribution in [0, 0.1) is 0 Å². The van der Waals surface area contributed by atoms with Crippen LogP contribution in [0.4, 0.5) is 0 Å². The van der Waals surface area contributed by atoms with Crippen molar-refractivity contribution >= 4 is 29.1 Å². The van der Waals surface area contributed by atoms with Crippen LogP contribution in [-0.4, -0.2) is 38.1 Å². The highest BCUT2D eigenvalue weighted by Crippen LogP contribution is 2.20. The average molecular weight is 367 g/mol. The fraction of sp³-hybridized carbons (Fsp3) is 0.278. The Balaban J connectivity index is 1.87. The third kappa shape index (κ3) is 5.71. The van der Waals surface area contributed by atoms with E-state index < -0.39 is 0 Å². The van der Waals surface area contributed by atoms with Gasteiger partial charge in [0, 0.05) is 18.1 Å². The zero-order valence-corrected chi connectivity index (χ0v) is 15.2. The molecule has 6 heteroatoms. The summed E-state index contributed by atoms with van der Waals surface area (Å²) in [7, 11) is 4.00. The van der Waals surface area contributed by atoms with Crippen molar-refractivity contribution < 1.29 is 9.53 Å². The van der Waals surface area contributed by atoms with E-state index in [0.29, 0.717) is 28.8 Å². The zero-order chi connectivity index (χ0) is 17.5. The summed E-state index contributed by atoms with van der Waals surface area (Å²) in [5.41, 5.74) is 1.34. The van der Waals surface area contributed by atoms with Crippen molar-refractivity contribution in [1.82, 2.24) is 10.2 Å². The molecule has 0 aromatic heterocycles. The highest BCUT2D eigenvalue weighted by molar-refractivity contribution is 6.35. The SMILES string of the molecule is CN(C)CCOc1ccc(CNC(=O)c2cc(Cl)ccc2Cl)cc1. The number of carbonyl (C=O) groups is 1. The summed E-state index contributed by atoms with van der Waals surface area (Å²) in [5.74, 6) is 0.554. The van der Waals surface area contributed by atoms with E-state index in [4.69, 9.17) is 27.9 Å². The summed E-state index contributed by atoms with van der Waals surface area (Å²) in [6, 6.07) is 12.4. The summed E-state index contributed by atoms with van der Waals surface area (Å²) in [6.07, 6.45) is 0. The number of amides is 1. The van der Waals surface area contributed by atoms with Crippen molar-refractivity contribution in [2.45, 2.75) is 6.54 Å². The fourth-order valence-electron chi connectivity index (χ4n) is 2.00. The van der Waals surface area contributed by atoms with Gasteiger partial charge in [-0.1, -0.05) is 35.3 Å². The maximum Gasteiger partial charge on any atom is 0.253 e. The molecule has 0 aliphatic heterocycles. The van der Waals surface area contributed by atoms with Gasteiger partial charge in [-0.25, -0.2) is 0 Å². The molecule has 1 amide bonds. The molecular formula is C18H20Cl2N2O2. The normalized spacial score (nSPS) is 10.7. The molecule has 0 radical (unpaired) electrons. The molecule has 0 aliphatic rings. The molecule has 0 atom stereocenters. The Kier molecular flexibility index (Phi) is 6.91. The molecule has 24 heavy (non-hydrogen) atoms. The molecule has 4 nitrogen and oxygen atoms in total. The number of hydrogen-bond acceptors (Lipinski definition) is 3.